The number of rotatable bonds is 5. The van der Waals surface area contributed by atoms with Gasteiger partial charge in [-0.2, -0.15) is 9.90 Å². The Labute approximate surface area is 89.0 Å². The average molecular weight is 211 g/mol. The van der Waals surface area contributed by atoms with Gasteiger partial charge in [-0.05, 0) is 19.5 Å². The Morgan fingerprint density at radius 2 is 2.40 bits per heavy atom. The van der Waals surface area contributed by atoms with Crippen molar-refractivity contribution in [2.45, 2.75) is 20.4 Å². The van der Waals surface area contributed by atoms with Gasteiger partial charge in [0.1, 0.15) is 0 Å². The molecule has 0 saturated heterocycles. The molecule has 0 spiro atoms. The van der Waals surface area contributed by atoms with E-state index in [1.807, 2.05) is 7.05 Å². The fourth-order valence-corrected chi connectivity index (χ4v) is 1.31. The summed E-state index contributed by atoms with van der Waals surface area (Å²) in [6.45, 7) is 5.21. The number of carbonyl (C=O) groups is 1. The topological polar surface area (TPSA) is 71.8 Å². The smallest absolute Gasteiger partial charge is 0.222 e. The summed E-state index contributed by atoms with van der Waals surface area (Å²) in [4.78, 5) is 12.3. The Kier molecular flexibility index (Phi) is 4.23. The normalized spacial score (nSPS) is 12.5. The van der Waals surface area contributed by atoms with Gasteiger partial charge in [0, 0.05) is 6.92 Å². The van der Waals surface area contributed by atoms with Crippen molar-refractivity contribution in [2.24, 2.45) is 5.92 Å². The Balaban J connectivity index is 2.48. The van der Waals surface area contributed by atoms with Crippen LogP contribution in [0.25, 0.3) is 0 Å². The van der Waals surface area contributed by atoms with Gasteiger partial charge in [-0.25, -0.2) is 0 Å². The summed E-state index contributed by atoms with van der Waals surface area (Å²) in [6.07, 6.45) is 1.55. The standard InChI is InChI=1S/C9H17N5O/c1-7(4-10-3)6-14-11-5-9(13-14)12-8(2)15/h5,7,10H,4,6H2,1-3H3,(H,12,13,15). The van der Waals surface area contributed by atoms with Crippen LogP contribution in [0, 0.1) is 5.92 Å². The van der Waals surface area contributed by atoms with Crippen molar-refractivity contribution in [3.05, 3.63) is 6.20 Å². The minimum Gasteiger partial charge on any atom is -0.319 e. The molecule has 0 aliphatic carbocycles. The van der Waals surface area contributed by atoms with E-state index in [0.717, 1.165) is 13.1 Å². The number of carbonyl (C=O) groups excluding carboxylic acids is 1. The lowest BCUT2D eigenvalue weighted by Gasteiger charge is -2.08. The van der Waals surface area contributed by atoms with Gasteiger partial charge in [0.2, 0.25) is 5.91 Å². The van der Waals surface area contributed by atoms with Crippen LogP contribution in [0.1, 0.15) is 13.8 Å². The van der Waals surface area contributed by atoms with E-state index < -0.39 is 0 Å². The van der Waals surface area contributed by atoms with Gasteiger partial charge in [0.05, 0.1) is 12.7 Å². The molecular formula is C9H17N5O. The molecule has 1 heterocycles. The van der Waals surface area contributed by atoms with Crippen LogP contribution in [0.15, 0.2) is 6.20 Å². The quantitative estimate of drug-likeness (QED) is 0.724. The maximum Gasteiger partial charge on any atom is 0.222 e. The van der Waals surface area contributed by atoms with Gasteiger partial charge < -0.3 is 10.6 Å². The molecule has 1 atom stereocenters. The van der Waals surface area contributed by atoms with Crippen LogP contribution in [0.3, 0.4) is 0 Å². The second kappa shape index (κ2) is 5.45. The summed E-state index contributed by atoms with van der Waals surface area (Å²) >= 11 is 0. The van der Waals surface area contributed by atoms with E-state index in [9.17, 15) is 4.79 Å². The van der Waals surface area contributed by atoms with Crippen LogP contribution in [-0.2, 0) is 11.3 Å². The molecule has 0 saturated carbocycles. The predicted octanol–water partition coefficient (Wildman–Crippen LogP) is 0.0920. The summed E-state index contributed by atoms with van der Waals surface area (Å²) in [6, 6.07) is 0. The Morgan fingerprint density at radius 1 is 1.67 bits per heavy atom. The fourth-order valence-electron chi connectivity index (χ4n) is 1.31. The molecular weight excluding hydrogens is 194 g/mol. The third-order valence-corrected chi connectivity index (χ3v) is 1.87. The second-order valence-electron chi connectivity index (χ2n) is 3.63. The van der Waals surface area contributed by atoms with Crippen molar-refractivity contribution in [1.29, 1.82) is 0 Å². The third-order valence-electron chi connectivity index (χ3n) is 1.87. The summed E-state index contributed by atoms with van der Waals surface area (Å²) in [5, 5.41) is 13.8. The molecule has 2 N–H and O–H groups in total. The molecule has 1 unspecified atom stereocenters. The molecule has 1 amide bonds. The first-order valence-corrected chi connectivity index (χ1v) is 4.94. The lowest BCUT2D eigenvalue weighted by atomic mass is 10.2. The first-order chi connectivity index (χ1) is 7.11. The molecule has 0 radical (unpaired) electrons. The van der Waals surface area contributed by atoms with E-state index in [0.29, 0.717) is 11.7 Å². The van der Waals surface area contributed by atoms with E-state index >= 15 is 0 Å². The van der Waals surface area contributed by atoms with Crippen LogP contribution >= 0.6 is 0 Å². The maximum absolute atomic E-state index is 10.7. The Bertz CT molecular complexity index is 322. The largest absolute Gasteiger partial charge is 0.319 e. The minimum absolute atomic E-state index is 0.134. The van der Waals surface area contributed by atoms with E-state index in [4.69, 9.17) is 0 Å². The number of aromatic nitrogens is 3. The van der Waals surface area contributed by atoms with Crippen LogP contribution in [0.5, 0.6) is 0 Å². The van der Waals surface area contributed by atoms with Crippen LogP contribution < -0.4 is 10.6 Å². The van der Waals surface area contributed by atoms with Gasteiger partial charge in [0.15, 0.2) is 5.82 Å². The highest BCUT2D eigenvalue weighted by Gasteiger charge is 2.05. The van der Waals surface area contributed by atoms with Gasteiger partial charge in [-0.3, -0.25) is 4.79 Å². The highest BCUT2D eigenvalue weighted by molar-refractivity contribution is 5.87. The molecule has 1 rings (SSSR count). The Morgan fingerprint density at radius 3 is 3.00 bits per heavy atom. The zero-order chi connectivity index (χ0) is 11.3. The highest BCUT2D eigenvalue weighted by Crippen LogP contribution is 2.01. The zero-order valence-electron chi connectivity index (χ0n) is 9.32. The van der Waals surface area contributed by atoms with Crippen LogP contribution in [0.4, 0.5) is 5.82 Å². The van der Waals surface area contributed by atoms with Gasteiger partial charge >= 0.3 is 0 Å². The van der Waals surface area contributed by atoms with Crippen molar-refractivity contribution in [3.8, 4) is 0 Å². The molecule has 6 nitrogen and oxygen atoms in total. The fraction of sp³-hybridized carbons (Fsp3) is 0.667. The van der Waals surface area contributed by atoms with E-state index in [-0.39, 0.29) is 5.91 Å². The first kappa shape index (κ1) is 11.6. The molecule has 84 valence electrons. The molecule has 0 aromatic carbocycles. The maximum atomic E-state index is 10.7. The lowest BCUT2D eigenvalue weighted by molar-refractivity contribution is -0.114. The van der Waals surface area contributed by atoms with Crippen LogP contribution in [0.2, 0.25) is 0 Å². The molecule has 15 heavy (non-hydrogen) atoms. The van der Waals surface area contributed by atoms with Crippen molar-refractivity contribution < 1.29 is 4.79 Å². The summed E-state index contributed by atoms with van der Waals surface area (Å²) < 4.78 is 0. The average Bonchev–Trinajstić information content (AvgIpc) is 2.51. The van der Waals surface area contributed by atoms with Crippen molar-refractivity contribution in [3.63, 3.8) is 0 Å². The van der Waals surface area contributed by atoms with Gasteiger partial charge in [-0.15, -0.1) is 5.10 Å². The number of amides is 1. The number of hydrogen-bond acceptors (Lipinski definition) is 4. The summed E-state index contributed by atoms with van der Waals surface area (Å²) in [5.41, 5.74) is 0. The molecule has 0 fully saturated rings. The van der Waals surface area contributed by atoms with Crippen LogP contribution in [-0.4, -0.2) is 34.5 Å². The second-order valence-corrected chi connectivity index (χ2v) is 3.63. The molecule has 0 aliphatic heterocycles. The van der Waals surface area contributed by atoms with E-state index in [1.165, 1.54) is 6.92 Å². The van der Waals surface area contributed by atoms with Gasteiger partial charge in [-0.1, -0.05) is 6.92 Å². The van der Waals surface area contributed by atoms with Crippen molar-refractivity contribution >= 4 is 11.7 Å². The molecule has 1 aromatic rings. The number of anilines is 1. The SMILES string of the molecule is CNCC(C)Cn1ncc(NC(C)=O)n1. The summed E-state index contributed by atoms with van der Waals surface area (Å²) in [5.74, 6) is 0.817. The van der Waals surface area contributed by atoms with E-state index in [2.05, 4.69) is 27.8 Å². The molecule has 0 aliphatic rings. The Hall–Kier alpha value is -1.43. The van der Waals surface area contributed by atoms with Crippen molar-refractivity contribution in [2.75, 3.05) is 18.9 Å². The monoisotopic (exact) mass is 211 g/mol. The predicted molar refractivity (Wildman–Crippen MR) is 57.4 cm³/mol. The van der Waals surface area contributed by atoms with E-state index in [1.54, 1.807) is 11.0 Å². The summed E-state index contributed by atoms with van der Waals surface area (Å²) in [7, 11) is 1.91. The van der Waals surface area contributed by atoms with Crippen molar-refractivity contribution in [1.82, 2.24) is 20.3 Å². The molecule has 6 heteroatoms. The zero-order valence-corrected chi connectivity index (χ0v) is 9.32. The number of nitrogens with zero attached hydrogens (tertiary/aromatic N) is 3. The minimum atomic E-state index is -0.134. The highest BCUT2D eigenvalue weighted by atomic mass is 16.1. The molecule has 1 aromatic heterocycles. The van der Waals surface area contributed by atoms with Gasteiger partial charge in [0.25, 0.3) is 0 Å². The first-order valence-electron chi connectivity index (χ1n) is 4.94. The number of nitrogens with one attached hydrogen (secondary N) is 2. The molecule has 0 bridgehead atoms. The lowest BCUT2D eigenvalue weighted by Crippen LogP contribution is -2.21. The number of hydrogen-bond donors (Lipinski definition) is 2. The third kappa shape index (κ3) is 4.07.